The molecule has 62 heavy (non-hydrogen) atoms. The van der Waals surface area contributed by atoms with Crippen molar-refractivity contribution in [2.75, 3.05) is 13.2 Å². The van der Waals surface area contributed by atoms with Crippen molar-refractivity contribution in [1.29, 1.82) is 0 Å². The van der Waals surface area contributed by atoms with Gasteiger partial charge in [-0.05, 0) is 64.2 Å². The molecule has 6 heteroatoms. The van der Waals surface area contributed by atoms with Crippen molar-refractivity contribution in [2.24, 2.45) is 0 Å². The highest BCUT2D eigenvalue weighted by Crippen LogP contribution is 2.16. The largest absolute Gasteiger partial charge is 0.466 e. The molecule has 0 fully saturated rings. The van der Waals surface area contributed by atoms with Gasteiger partial charge in [-0.15, -0.1) is 0 Å². The Balaban J connectivity index is 3.51. The van der Waals surface area contributed by atoms with Crippen LogP contribution in [0.5, 0.6) is 0 Å². The molecule has 2 atom stereocenters. The maximum atomic E-state index is 12.4. The summed E-state index contributed by atoms with van der Waals surface area (Å²) in [5.74, 6) is -0.126. The summed E-state index contributed by atoms with van der Waals surface area (Å²) in [6.45, 7) is 4.82. The molecular formula is C56H105NO5. The normalized spacial score (nSPS) is 12.9. The first-order valence-electron chi connectivity index (χ1n) is 27.3. The van der Waals surface area contributed by atoms with Crippen molar-refractivity contribution in [3.05, 3.63) is 36.5 Å². The fourth-order valence-corrected chi connectivity index (χ4v) is 8.19. The molecule has 6 nitrogen and oxygen atoms in total. The first-order chi connectivity index (χ1) is 30.5. The maximum Gasteiger partial charge on any atom is 0.305 e. The summed E-state index contributed by atoms with van der Waals surface area (Å²) in [7, 11) is 0. The predicted molar refractivity (Wildman–Crippen MR) is 269 cm³/mol. The van der Waals surface area contributed by atoms with Crippen LogP contribution in [-0.4, -0.2) is 47.4 Å². The summed E-state index contributed by atoms with van der Waals surface area (Å²) in [5, 5.41) is 23.1. The van der Waals surface area contributed by atoms with E-state index in [1.54, 1.807) is 6.08 Å². The van der Waals surface area contributed by atoms with Gasteiger partial charge in [0.05, 0.1) is 25.4 Å². The average molecular weight is 872 g/mol. The number of rotatable bonds is 50. The third kappa shape index (κ3) is 47.6. The van der Waals surface area contributed by atoms with Crippen LogP contribution in [0.15, 0.2) is 36.5 Å². The molecule has 0 saturated carbocycles. The van der Waals surface area contributed by atoms with Gasteiger partial charge in [0.1, 0.15) is 0 Å². The van der Waals surface area contributed by atoms with Crippen molar-refractivity contribution >= 4 is 11.9 Å². The van der Waals surface area contributed by atoms with Crippen LogP contribution < -0.4 is 5.32 Å². The maximum absolute atomic E-state index is 12.4. The van der Waals surface area contributed by atoms with E-state index in [4.69, 9.17) is 4.74 Å². The zero-order chi connectivity index (χ0) is 45.1. The fraction of sp³-hybridized carbons (Fsp3) is 0.857. The van der Waals surface area contributed by atoms with Crippen LogP contribution in [0.3, 0.4) is 0 Å². The second-order valence-corrected chi connectivity index (χ2v) is 18.6. The van der Waals surface area contributed by atoms with E-state index >= 15 is 0 Å². The zero-order valence-electron chi connectivity index (χ0n) is 41.4. The monoisotopic (exact) mass is 872 g/mol. The van der Waals surface area contributed by atoms with Crippen LogP contribution in [-0.2, 0) is 14.3 Å². The van der Waals surface area contributed by atoms with Gasteiger partial charge in [0.15, 0.2) is 0 Å². The number of amides is 1. The molecule has 0 saturated heterocycles. The van der Waals surface area contributed by atoms with Gasteiger partial charge < -0.3 is 20.3 Å². The number of ether oxygens (including phenoxy) is 1. The summed E-state index contributed by atoms with van der Waals surface area (Å²) in [5.41, 5.74) is 0. The Morgan fingerprint density at radius 2 is 0.806 bits per heavy atom. The SMILES string of the molecule is CCCCC/C=C\C/C=C\CCCCCCCCCCCC(=O)OCCCCCCCCCCCC(=O)NC(CO)C(O)/C=C/CCCCCCCCCCCCCCCCC. The van der Waals surface area contributed by atoms with E-state index in [2.05, 4.69) is 43.5 Å². The van der Waals surface area contributed by atoms with E-state index in [1.807, 2.05) is 6.08 Å². The molecule has 2 unspecified atom stereocenters. The van der Waals surface area contributed by atoms with Crippen molar-refractivity contribution in [3.8, 4) is 0 Å². The Morgan fingerprint density at radius 1 is 0.452 bits per heavy atom. The van der Waals surface area contributed by atoms with Gasteiger partial charge in [-0.1, -0.05) is 243 Å². The molecule has 0 spiro atoms. The number of hydrogen-bond donors (Lipinski definition) is 3. The lowest BCUT2D eigenvalue weighted by atomic mass is 10.0. The van der Waals surface area contributed by atoms with Gasteiger partial charge in [0.25, 0.3) is 0 Å². The summed E-state index contributed by atoms with van der Waals surface area (Å²) < 4.78 is 5.46. The lowest BCUT2D eigenvalue weighted by Crippen LogP contribution is -2.45. The highest BCUT2D eigenvalue weighted by atomic mass is 16.5. The second kappa shape index (κ2) is 51.7. The first kappa shape index (κ1) is 60.1. The minimum Gasteiger partial charge on any atom is -0.466 e. The van der Waals surface area contributed by atoms with Gasteiger partial charge in [-0.3, -0.25) is 9.59 Å². The van der Waals surface area contributed by atoms with E-state index in [0.29, 0.717) is 19.4 Å². The summed E-state index contributed by atoms with van der Waals surface area (Å²) in [4.78, 5) is 24.5. The molecule has 0 radical (unpaired) electrons. The molecule has 0 aromatic rings. The number of nitrogens with one attached hydrogen (secondary N) is 1. The molecule has 0 aliphatic heterocycles. The van der Waals surface area contributed by atoms with Crippen LogP contribution in [0.4, 0.5) is 0 Å². The number of hydrogen-bond acceptors (Lipinski definition) is 5. The van der Waals surface area contributed by atoms with E-state index in [-0.39, 0.29) is 18.5 Å². The Labute approximate surface area is 385 Å². The number of esters is 1. The predicted octanol–water partition coefficient (Wildman–Crippen LogP) is 16.5. The molecule has 1 amide bonds. The van der Waals surface area contributed by atoms with Gasteiger partial charge in [0.2, 0.25) is 5.91 Å². The number of allylic oxidation sites excluding steroid dienone is 5. The molecular weight excluding hydrogens is 767 g/mol. The number of carbonyl (C=O) groups is 2. The minimum absolute atomic E-state index is 0.0311. The standard InChI is InChI=1S/C56H105NO5/c1-3-5-7-9-11-13-15-17-19-21-22-24-26-28-30-34-38-42-46-50-56(61)62-51-47-43-39-35-31-33-37-41-45-49-55(60)57-53(52-58)54(59)48-44-40-36-32-29-27-25-23-20-18-16-14-12-10-8-6-4-2/h11,13,17,19,44,48,53-54,58-59H,3-10,12,14-16,18,20-43,45-47,49-52H2,1-2H3,(H,57,60)/b13-11-,19-17-,48-44+. The van der Waals surface area contributed by atoms with Crippen molar-refractivity contribution < 1.29 is 24.5 Å². The zero-order valence-corrected chi connectivity index (χ0v) is 41.4. The molecule has 0 heterocycles. The fourth-order valence-electron chi connectivity index (χ4n) is 8.19. The number of carbonyl (C=O) groups excluding carboxylic acids is 2. The summed E-state index contributed by atoms with van der Waals surface area (Å²) in [6.07, 6.45) is 62.9. The Morgan fingerprint density at radius 3 is 1.26 bits per heavy atom. The van der Waals surface area contributed by atoms with E-state index in [1.165, 1.54) is 193 Å². The molecule has 3 N–H and O–H groups in total. The molecule has 0 aromatic carbocycles. The minimum atomic E-state index is -0.863. The third-order valence-corrected chi connectivity index (χ3v) is 12.4. The van der Waals surface area contributed by atoms with Crippen LogP contribution in [0.2, 0.25) is 0 Å². The van der Waals surface area contributed by atoms with Crippen molar-refractivity contribution in [1.82, 2.24) is 5.32 Å². The average Bonchev–Trinajstić information content (AvgIpc) is 3.27. The van der Waals surface area contributed by atoms with Crippen molar-refractivity contribution in [2.45, 2.75) is 296 Å². The van der Waals surface area contributed by atoms with Gasteiger partial charge in [0, 0.05) is 12.8 Å². The molecule has 0 aliphatic rings. The van der Waals surface area contributed by atoms with E-state index in [9.17, 15) is 19.8 Å². The van der Waals surface area contributed by atoms with Gasteiger partial charge in [-0.25, -0.2) is 0 Å². The van der Waals surface area contributed by atoms with Gasteiger partial charge >= 0.3 is 5.97 Å². The smallest absolute Gasteiger partial charge is 0.305 e. The van der Waals surface area contributed by atoms with Crippen LogP contribution in [0.25, 0.3) is 0 Å². The highest BCUT2D eigenvalue weighted by Gasteiger charge is 2.18. The first-order valence-corrected chi connectivity index (χ1v) is 27.3. The number of unbranched alkanes of at least 4 members (excludes halogenated alkanes) is 35. The van der Waals surface area contributed by atoms with Crippen LogP contribution in [0, 0.1) is 0 Å². The summed E-state index contributed by atoms with van der Waals surface area (Å²) in [6, 6.07) is -0.649. The summed E-state index contributed by atoms with van der Waals surface area (Å²) >= 11 is 0. The van der Waals surface area contributed by atoms with E-state index in [0.717, 1.165) is 64.2 Å². The Hall–Kier alpha value is -1.92. The van der Waals surface area contributed by atoms with Crippen LogP contribution >= 0.6 is 0 Å². The lowest BCUT2D eigenvalue weighted by Gasteiger charge is -2.20. The molecule has 0 aliphatic carbocycles. The lowest BCUT2D eigenvalue weighted by molar-refractivity contribution is -0.143. The van der Waals surface area contributed by atoms with Gasteiger partial charge in [-0.2, -0.15) is 0 Å². The topological polar surface area (TPSA) is 95.9 Å². The molecule has 0 aromatic heterocycles. The number of aliphatic hydroxyl groups excluding tert-OH is 2. The number of aliphatic hydroxyl groups is 2. The third-order valence-electron chi connectivity index (χ3n) is 12.4. The van der Waals surface area contributed by atoms with Crippen LogP contribution in [0.1, 0.15) is 284 Å². The molecule has 364 valence electrons. The Bertz CT molecular complexity index is 1010. The molecule has 0 bridgehead atoms. The Kier molecular flexibility index (Phi) is 50.1. The highest BCUT2D eigenvalue weighted by molar-refractivity contribution is 5.76. The second-order valence-electron chi connectivity index (χ2n) is 18.6. The quantitative estimate of drug-likeness (QED) is 0.0321. The van der Waals surface area contributed by atoms with Crippen molar-refractivity contribution in [3.63, 3.8) is 0 Å². The van der Waals surface area contributed by atoms with E-state index < -0.39 is 12.1 Å². The molecule has 0 rings (SSSR count).